The van der Waals surface area contributed by atoms with Crippen LogP contribution in [-0.4, -0.2) is 49.6 Å². The Hall–Kier alpha value is -1.59. The first-order chi connectivity index (χ1) is 11.2. The predicted octanol–water partition coefficient (Wildman–Crippen LogP) is 1.95. The van der Waals surface area contributed by atoms with Gasteiger partial charge in [-0.1, -0.05) is 24.3 Å². The van der Waals surface area contributed by atoms with Gasteiger partial charge in [0, 0.05) is 19.5 Å². The second kappa shape index (κ2) is 6.13. The molecule has 1 spiro atoms. The van der Waals surface area contributed by atoms with E-state index in [4.69, 9.17) is 9.47 Å². The molecule has 1 aromatic rings. The van der Waals surface area contributed by atoms with Gasteiger partial charge in [0.05, 0.1) is 19.8 Å². The van der Waals surface area contributed by atoms with Gasteiger partial charge in [0.15, 0.2) is 5.79 Å². The fraction of sp³-hybridized carbons (Fsp3) is 0.611. The fourth-order valence-corrected chi connectivity index (χ4v) is 4.01. The molecule has 0 bridgehead atoms. The van der Waals surface area contributed by atoms with Crippen LogP contribution in [-0.2, 0) is 22.3 Å². The Morgan fingerprint density at radius 1 is 1.22 bits per heavy atom. The third kappa shape index (κ3) is 3.08. The van der Waals surface area contributed by atoms with Gasteiger partial charge in [-0.2, -0.15) is 0 Å². The molecule has 1 aromatic carbocycles. The molecule has 2 saturated heterocycles. The van der Waals surface area contributed by atoms with Gasteiger partial charge in [0.25, 0.3) is 0 Å². The molecule has 124 valence electrons. The monoisotopic (exact) mass is 316 g/mol. The van der Waals surface area contributed by atoms with Crippen molar-refractivity contribution in [3.8, 4) is 0 Å². The molecule has 2 fully saturated rings. The maximum atomic E-state index is 12.3. The van der Waals surface area contributed by atoms with Gasteiger partial charge >= 0.3 is 6.03 Å². The number of fused-ring (bicyclic) bond motifs is 1. The summed E-state index contributed by atoms with van der Waals surface area (Å²) in [5, 5.41) is 3.06. The molecule has 23 heavy (non-hydrogen) atoms. The van der Waals surface area contributed by atoms with Crippen molar-refractivity contribution in [1.29, 1.82) is 0 Å². The van der Waals surface area contributed by atoms with Crippen LogP contribution in [0.2, 0.25) is 0 Å². The van der Waals surface area contributed by atoms with E-state index in [2.05, 4.69) is 29.6 Å². The third-order valence-corrected chi connectivity index (χ3v) is 5.26. The summed E-state index contributed by atoms with van der Waals surface area (Å²) in [4.78, 5) is 14.1. The van der Waals surface area contributed by atoms with Gasteiger partial charge in [-0.25, -0.2) is 4.79 Å². The van der Waals surface area contributed by atoms with Crippen LogP contribution >= 0.6 is 0 Å². The molecule has 2 aliphatic heterocycles. The van der Waals surface area contributed by atoms with Crippen molar-refractivity contribution >= 4 is 6.03 Å². The van der Waals surface area contributed by atoms with Crippen LogP contribution in [0, 0.1) is 5.92 Å². The lowest BCUT2D eigenvalue weighted by molar-refractivity contribution is -0.143. The second-order valence-electron chi connectivity index (χ2n) is 6.84. The number of hydrogen-bond acceptors (Lipinski definition) is 3. The summed E-state index contributed by atoms with van der Waals surface area (Å²) < 4.78 is 11.3. The molecule has 0 unspecified atom stereocenters. The van der Waals surface area contributed by atoms with Gasteiger partial charge in [-0.15, -0.1) is 0 Å². The molecule has 0 atom stereocenters. The summed E-state index contributed by atoms with van der Waals surface area (Å²) in [6, 6.07) is 8.67. The van der Waals surface area contributed by atoms with Crippen LogP contribution in [0.15, 0.2) is 24.3 Å². The Bertz CT molecular complexity index is 558. The standard InChI is InChI=1S/C18H24N2O3/c21-17(20-8-6-18(13-20)22-9-10-23-18)19-7-5-14-11-15-3-1-2-4-16(15)12-14/h1-4,14H,5-13H2,(H,19,21). The summed E-state index contributed by atoms with van der Waals surface area (Å²) in [5.74, 6) is 0.129. The molecule has 5 nitrogen and oxygen atoms in total. The highest BCUT2D eigenvalue weighted by atomic mass is 16.7. The Kier molecular flexibility index (Phi) is 3.99. The molecule has 1 N–H and O–H groups in total. The van der Waals surface area contributed by atoms with Crippen molar-refractivity contribution in [2.75, 3.05) is 32.8 Å². The molecule has 4 rings (SSSR count). The first-order valence-corrected chi connectivity index (χ1v) is 8.62. The maximum Gasteiger partial charge on any atom is 0.317 e. The number of nitrogens with one attached hydrogen (secondary N) is 1. The van der Waals surface area contributed by atoms with Gasteiger partial charge in [0.2, 0.25) is 0 Å². The van der Waals surface area contributed by atoms with E-state index in [1.807, 2.05) is 4.90 Å². The van der Waals surface area contributed by atoms with E-state index >= 15 is 0 Å². The van der Waals surface area contributed by atoms with Crippen LogP contribution in [0.5, 0.6) is 0 Å². The predicted molar refractivity (Wildman–Crippen MR) is 86.2 cm³/mol. The number of carbonyl (C=O) groups is 1. The van der Waals surface area contributed by atoms with E-state index in [0.29, 0.717) is 32.2 Å². The second-order valence-corrected chi connectivity index (χ2v) is 6.84. The van der Waals surface area contributed by atoms with Crippen molar-refractivity contribution in [3.63, 3.8) is 0 Å². The van der Waals surface area contributed by atoms with E-state index in [1.165, 1.54) is 11.1 Å². The van der Waals surface area contributed by atoms with Crippen LogP contribution in [0.4, 0.5) is 4.79 Å². The number of likely N-dealkylation sites (tertiary alicyclic amines) is 1. The molecule has 1 aliphatic carbocycles. The Labute approximate surface area is 136 Å². The summed E-state index contributed by atoms with van der Waals surface area (Å²) in [7, 11) is 0. The van der Waals surface area contributed by atoms with E-state index < -0.39 is 5.79 Å². The maximum absolute atomic E-state index is 12.3. The number of nitrogens with zero attached hydrogens (tertiary/aromatic N) is 1. The zero-order chi connectivity index (χ0) is 15.7. The van der Waals surface area contributed by atoms with Gasteiger partial charge < -0.3 is 19.7 Å². The summed E-state index contributed by atoms with van der Waals surface area (Å²) >= 11 is 0. The summed E-state index contributed by atoms with van der Waals surface area (Å²) in [5.41, 5.74) is 2.95. The molecular formula is C18H24N2O3. The Morgan fingerprint density at radius 2 is 1.91 bits per heavy atom. The third-order valence-electron chi connectivity index (χ3n) is 5.26. The van der Waals surface area contributed by atoms with Crippen molar-refractivity contribution in [2.24, 2.45) is 5.92 Å². The molecule has 0 aromatic heterocycles. The Morgan fingerprint density at radius 3 is 2.61 bits per heavy atom. The molecular weight excluding hydrogens is 292 g/mol. The van der Waals surface area contributed by atoms with Crippen LogP contribution in [0.25, 0.3) is 0 Å². The number of carbonyl (C=O) groups excluding carboxylic acids is 1. The zero-order valence-corrected chi connectivity index (χ0v) is 13.4. The number of hydrogen-bond donors (Lipinski definition) is 1. The topological polar surface area (TPSA) is 50.8 Å². The van der Waals surface area contributed by atoms with E-state index in [9.17, 15) is 4.79 Å². The van der Waals surface area contributed by atoms with Crippen molar-refractivity contribution in [2.45, 2.75) is 31.5 Å². The fourth-order valence-electron chi connectivity index (χ4n) is 4.01. The lowest BCUT2D eigenvalue weighted by atomic mass is 10.0. The van der Waals surface area contributed by atoms with Crippen molar-refractivity contribution in [3.05, 3.63) is 35.4 Å². The lowest BCUT2D eigenvalue weighted by Gasteiger charge is -2.22. The van der Waals surface area contributed by atoms with Crippen molar-refractivity contribution < 1.29 is 14.3 Å². The van der Waals surface area contributed by atoms with Crippen molar-refractivity contribution in [1.82, 2.24) is 10.2 Å². The lowest BCUT2D eigenvalue weighted by Crippen LogP contribution is -2.42. The highest BCUT2D eigenvalue weighted by Crippen LogP contribution is 2.30. The number of rotatable bonds is 3. The number of amides is 2. The minimum absolute atomic E-state index is 0.0106. The minimum Gasteiger partial charge on any atom is -0.346 e. The van der Waals surface area contributed by atoms with E-state index in [0.717, 1.165) is 32.2 Å². The van der Waals surface area contributed by atoms with Crippen LogP contribution in [0.1, 0.15) is 24.0 Å². The SMILES string of the molecule is O=C(NCCC1Cc2ccccc2C1)N1CCC2(C1)OCCO2. The molecule has 0 radical (unpaired) electrons. The smallest absolute Gasteiger partial charge is 0.317 e. The van der Waals surface area contributed by atoms with E-state index in [-0.39, 0.29) is 6.03 Å². The first-order valence-electron chi connectivity index (χ1n) is 8.62. The quantitative estimate of drug-likeness (QED) is 0.927. The highest BCUT2D eigenvalue weighted by Gasteiger charge is 2.44. The van der Waals surface area contributed by atoms with Gasteiger partial charge in [-0.3, -0.25) is 0 Å². The molecule has 5 heteroatoms. The molecule has 0 saturated carbocycles. The molecule has 3 aliphatic rings. The Balaban J connectivity index is 1.21. The van der Waals surface area contributed by atoms with Crippen LogP contribution in [0.3, 0.4) is 0 Å². The minimum atomic E-state index is -0.523. The number of ether oxygens (including phenoxy) is 2. The first kappa shape index (κ1) is 15.0. The largest absolute Gasteiger partial charge is 0.346 e. The number of urea groups is 1. The highest BCUT2D eigenvalue weighted by molar-refractivity contribution is 5.74. The molecule has 2 amide bonds. The average Bonchev–Trinajstić information content (AvgIpc) is 3.28. The summed E-state index contributed by atoms with van der Waals surface area (Å²) in [6.07, 6.45) is 4.09. The summed E-state index contributed by atoms with van der Waals surface area (Å²) in [6.45, 7) is 3.27. The van der Waals surface area contributed by atoms with Gasteiger partial charge in [0.1, 0.15) is 0 Å². The normalized spacial score (nSPS) is 22.7. The van der Waals surface area contributed by atoms with Crippen LogP contribution < -0.4 is 5.32 Å². The zero-order valence-electron chi connectivity index (χ0n) is 13.4. The van der Waals surface area contributed by atoms with Gasteiger partial charge in [-0.05, 0) is 36.3 Å². The average molecular weight is 316 g/mol. The molecule has 2 heterocycles. The van der Waals surface area contributed by atoms with E-state index in [1.54, 1.807) is 0 Å². The number of benzene rings is 1.